The fourth-order valence-electron chi connectivity index (χ4n) is 10.4. The molecule has 3 aliphatic heterocycles. The Morgan fingerprint density at radius 2 is 0.367 bits per heavy atom. The van der Waals surface area contributed by atoms with E-state index in [9.17, 15) is 13.7 Å². The normalized spacial score (nSPS) is 13.3. The second kappa shape index (κ2) is 23.6. The minimum atomic E-state index is -2.25. The van der Waals surface area contributed by atoms with Crippen molar-refractivity contribution in [3.8, 4) is 67.9 Å². The molecule has 14 heteroatoms. The zero-order chi connectivity index (χ0) is 51.8. The predicted molar refractivity (Wildman–Crippen MR) is 309 cm³/mol. The monoisotopic (exact) mass is 1140 g/mol. The van der Waals surface area contributed by atoms with E-state index in [1.807, 2.05) is 178 Å². The molecule has 0 atom stereocenters. The molecule has 79 heavy (non-hydrogen) atoms. The van der Waals surface area contributed by atoms with E-state index in [2.05, 4.69) is 72.8 Å². The molecule has 12 aromatic carbocycles. The second-order valence-electron chi connectivity index (χ2n) is 18.1. The molecule has 1 saturated carbocycles. The predicted octanol–water partition coefficient (Wildman–Crippen LogP) is 16.3. The molecule has 0 unspecified atom stereocenters. The Balaban J connectivity index is 0.000000118. The smallest absolute Gasteiger partial charge is 0.221 e. The molecule has 3 heterocycles. The number of hydrogen-bond donors (Lipinski definition) is 0. The van der Waals surface area contributed by atoms with Crippen molar-refractivity contribution in [1.82, 2.24) is 0 Å². The van der Waals surface area contributed by atoms with Gasteiger partial charge in [-0.2, -0.15) is 0 Å². The molecule has 0 saturated heterocycles. The fourth-order valence-corrected chi connectivity index (χ4v) is 12.4. The van der Waals surface area contributed by atoms with Gasteiger partial charge in [-0.15, -0.1) is 0 Å². The Morgan fingerprint density at radius 3 is 0.532 bits per heavy atom. The molecule has 0 bridgehead atoms. The van der Waals surface area contributed by atoms with Crippen LogP contribution in [0.15, 0.2) is 218 Å². The van der Waals surface area contributed by atoms with Crippen LogP contribution in [0.25, 0.3) is 98.0 Å². The number of hydrogen-bond acceptors (Lipinski definition) is 9. The largest absolute Gasteiger partial charge is 1.00 e. The van der Waals surface area contributed by atoms with Crippen LogP contribution in [0.2, 0.25) is 0 Å². The van der Waals surface area contributed by atoms with Gasteiger partial charge in [0, 0.05) is 63.9 Å². The molecule has 1 fully saturated rings. The Bertz CT molecular complexity index is 3670. The molecule has 16 rings (SSSR count). The van der Waals surface area contributed by atoms with Crippen LogP contribution in [-0.4, -0.2) is 0 Å². The van der Waals surface area contributed by atoms with Gasteiger partial charge in [-0.3, -0.25) is 0 Å². The number of benzene rings is 12. The van der Waals surface area contributed by atoms with Crippen molar-refractivity contribution in [3.05, 3.63) is 250 Å². The first-order valence-electron chi connectivity index (χ1n) is 24.7. The maximum absolute atomic E-state index is 12.2. The van der Waals surface area contributed by atoms with Crippen LogP contribution in [0.4, 0.5) is 0 Å². The summed E-state index contributed by atoms with van der Waals surface area (Å²) >= 11 is 0. The Hall–Kier alpha value is -7.19. The van der Waals surface area contributed by atoms with E-state index in [1.54, 1.807) is 0 Å². The van der Waals surface area contributed by atoms with Crippen molar-refractivity contribution in [3.63, 3.8) is 0 Å². The van der Waals surface area contributed by atoms with E-state index in [0.717, 1.165) is 98.0 Å². The second-order valence-corrected chi connectivity index (χ2v) is 20.6. The van der Waals surface area contributed by atoms with Gasteiger partial charge in [0.1, 0.15) is 0 Å². The topological polar surface area (TPSA) is 107 Å². The van der Waals surface area contributed by atoms with Crippen molar-refractivity contribution >= 4 is 89.4 Å². The van der Waals surface area contributed by atoms with Gasteiger partial charge >= 0.3 is 54.3 Å². The Kier molecular flexibility index (Phi) is 16.1. The molecule has 1 aliphatic carbocycles. The van der Waals surface area contributed by atoms with Gasteiger partial charge in [0.15, 0.2) is 34.5 Å². The van der Waals surface area contributed by atoms with Gasteiger partial charge in [0.05, 0.1) is 0 Å². The third-order valence-electron chi connectivity index (χ3n) is 13.7. The van der Waals surface area contributed by atoms with Crippen LogP contribution in [0.1, 0.15) is 0 Å². The third kappa shape index (κ3) is 10.6. The third-order valence-corrected chi connectivity index (χ3v) is 15.8. The van der Waals surface area contributed by atoms with Crippen LogP contribution in [0.3, 0.4) is 0 Å². The van der Waals surface area contributed by atoms with E-state index >= 15 is 0 Å². The molecule has 0 aromatic heterocycles. The van der Waals surface area contributed by atoms with E-state index < -0.39 is 24.8 Å². The molecule has 0 N–H and O–H groups in total. The van der Waals surface area contributed by atoms with Crippen molar-refractivity contribution in [2.75, 3.05) is 0 Å². The fraction of sp³-hybridized carbons (Fsp3) is 0. The summed E-state index contributed by atoms with van der Waals surface area (Å²) in [5.74, 6) is 3.53. The van der Waals surface area contributed by atoms with Crippen LogP contribution >= 0.6 is 24.8 Å². The van der Waals surface area contributed by atoms with E-state index in [-0.39, 0.29) is 46.3 Å². The van der Waals surface area contributed by atoms with Crippen molar-refractivity contribution in [1.29, 1.82) is 0 Å². The molecular weight excluding hydrogens is 1100 g/mol. The van der Waals surface area contributed by atoms with Gasteiger partial charge in [-0.25, -0.2) is 27.1 Å². The first-order chi connectivity index (χ1) is 37.9. The van der Waals surface area contributed by atoms with Crippen LogP contribution in [-0.2, 0) is 30.5 Å². The quantitative estimate of drug-likeness (QED) is 0.108. The van der Waals surface area contributed by atoms with Crippen molar-refractivity contribution in [2.24, 2.45) is 0 Å². The van der Waals surface area contributed by atoms with Gasteiger partial charge in [-0.05, 0) is 133 Å². The van der Waals surface area contributed by atoms with Gasteiger partial charge in [0.2, 0.25) is 0 Å². The minimum absolute atomic E-state index is 0. The number of fused-ring (bicyclic) bond motifs is 21. The summed E-state index contributed by atoms with van der Waals surface area (Å²) in [6.45, 7) is 0. The van der Waals surface area contributed by atoms with E-state index in [0.29, 0.717) is 34.5 Å². The molecule has 0 amide bonds. The summed E-state index contributed by atoms with van der Waals surface area (Å²) in [5, 5.41) is 13.0. The minimum Gasteiger partial charge on any atom is -0.221 e. The molecule has 9 nitrogen and oxygen atoms in total. The Labute approximate surface area is 491 Å². The summed E-state index contributed by atoms with van der Waals surface area (Å²) in [6.07, 6.45) is 10.0. The molecule has 0 spiro atoms. The maximum atomic E-state index is 12.2. The van der Waals surface area contributed by atoms with Crippen LogP contribution < -0.4 is 56.7 Å². The summed E-state index contributed by atoms with van der Waals surface area (Å²) < 4.78 is 70.1. The summed E-state index contributed by atoms with van der Waals surface area (Å²) in [6, 6.07) is 71.8. The summed E-state index contributed by atoms with van der Waals surface area (Å²) in [7, 11) is -6.76. The van der Waals surface area contributed by atoms with Crippen LogP contribution in [0, 0.1) is 32.1 Å². The van der Waals surface area contributed by atoms with E-state index in [4.69, 9.17) is 27.1 Å². The molecule has 12 aromatic rings. The van der Waals surface area contributed by atoms with Crippen molar-refractivity contribution < 1.29 is 87.2 Å². The summed E-state index contributed by atoms with van der Waals surface area (Å²) in [5.41, 5.74) is 5.59. The van der Waals surface area contributed by atoms with Gasteiger partial charge in [-0.1, -0.05) is 182 Å². The molecule has 4 aliphatic rings. The average molecular weight is 1140 g/mol. The van der Waals surface area contributed by atoms with Crippen LogP contribution in [0.5, 0.6) is 34.5 Å². The van der Waals surface area contributed by atoms with Crippen molar-refractivity contribution in [2.45, 2.75) is 0 Å². The molecular formula is C65H41CoNaO9P3+4. The zero-order valence-electron chi connectivity index (χ0n) is 42.0. The zero-order valence-corrected chi connectivity index (χ0v) is 47.7. The summed E-state index contributed by atoms with van der Waals surface area (Å²) in [4.78, 5) is 0. The van der Waals surface area contributed by atoms with Gasteiger partial charge in [0.25, 0.3) is 0 Å². The first kappa shape index (κ1) is 53.8. The molecule has 376 valence electrons. The van der Waals surface area contributed by atoms with Gasteiger partial charge < -0.3 is 0 Å². The van der Waals surface area contributed by atoms with E-state index in [1.165, 1.54) is 0 Å². The standard InChI is InChI=1S/3C20H12O3P.C5H5.Co.Na/c3*21-24-22-17-11-9-13-5-1-3-7-15(13)19(17)20-16-8-4-2-6-14(16)10-12-18(20)23-24;1-2-4-5-3-1;;/h3*1-12H;1-5H;;/q3*+1;;;+1. The Morgan fingerprint density at radius 1 is 0.215 bits per heavy atom. The average Bonchev–Trinajstić information content (AvgIpc) is 4.13. The first-order valence-corrected chi connectivity index (χ1v) is 28.0. The maximum Gasteiger partial charge on any atom is 1.00 e. The molecule has 6 radical (unpaired) electrons. The SMILES string of the molecule is O=[P+]1Oc2ccc3ccccc3c2-c2c(ccc3ccccc23)O1.O=[P+]1Oc2ccc3ccccc3c2-c2c(ccc3ccccc23)O1.O=[P+]1Oc2ccc3ccccc3c2-c2c(ccc3ccccc23)O1.[CH]1[CH][CH][CH][CH]1.[Co].[Na+]. The number of rotatable bonds is 0.